The van der Waals surface area contributed by atoms with E-state index in [9.17, 15) is 0 Å². The average Bonchev–Trinajstić information content (AvgIpc) is 1.71. The number of carbonyl (C=O) groups is 4. The summed E-state index contributed by atoms with van der Waals surface area (Å²) in [5.41, 5.74) is 5.26. The van der Waals surface area contributed by atoms with Gasteiger partial charge in [0.1, 0.15) is 57.4 Å². The fourth-order valence-corrected chi connectivity index (χ4v) is 11.1. The van der Waals surface area contributed by atoms with Crippen LogP contribution in [0, 0.1) is 0 Å². The highest BCUT2D eigenvalue weighted by atomic mass is 16.5. The van der Waals surface area contributed by atoms with Crippen LogP contribution in [0.15, 0.2) is 182 Å². The molecule has 0 saturated heterocycles. The van der Waals surface area contributed by atoms with Crippen LogP contribution in [0.2, 0.25) is 0 Å². The molecule has 0 N–H and O–H groups in total. The average molecular weight is 1130 g/mol. The summed E-state index contributed by atoms with van der Waals surface area (Å²) < 4.78 is 44.6. The Morgan fingerprint density at radius 3 is 1.02 bits per heavy atom. The van der Waals surface area contributed by atoms with E-state index in [4.69, 9.17) is 43.1 Å². The van der Waals surface area contributed by atoms with Gasteiger partial charge in [-0.05, 0) is 83.6 Å². The fraction of sp³-hybridized carbons (Fsp3) is 0.171. The van der Waals surface area contributed by atoms with Crippen molar-refractivity contribution >= 4 is 45.4 Å². The van der Waals surface area contributed by atoms with Gasteiger partial charge in [-0.2, -0.15) is 0 Å². The summed E-state index contributed by atoms with van der Waals surface area (Å²) in [6.07, 6.45) is -0.632. The lowest BCUT2D eigenvalue weighted by Crippen LogP contribution is -2.29. The highest BCUT2D eigenvalue weighted by Gasteiger charge is 2.48. The van der Waals surface area contributed by atoms with Crippen molar-refractivity contribution < 1.29 is 52.3 Å². The van der Waals surface area contributed by atoms with Crippen LogP contribution in [0.5, 0.6) is 46.0 Å². The number of aryl methyl sites for hydroxylation is 2. The van der Waals surface area contributed by atoms with Gasteiger partial charge in [0.25, 0.3) is 23.6 Å². The van der Waals surface area contributed by atoms with Crippen LogP contribution >= 0.6 is 0 Å². The highest BCUT2D eigenvalue weighted by Crippen LogP contribution is 2.53. The third kappa shape index (κ3) is 10.0. The molecular weight excluding hydrogens is 1070 g/mol. The smallest absolute Gasteiger partial charge is 0.265 e. The van der Waals surface area contributed by atoms with E-state index in [1.54, 1.807) is 48.5 Å². The first-order valence-electron chi connectivity index (χ1n) is 27.9. The second kappa shape index (κ2) is 23.4. The van der Waals surface area contributed by atoms with Gasteiger partial charge < -0.3 is 33.2 Å². The van der Waals surface area contributed by atoms with Gasteiger partial charge in [0.2, 0.25) is 0 Å². The normalized spacial score (nSPS) is 12.8. The molecule has 0 atom stereocenters. The van der Waals surface area contributed by atoms with Gasteiger partial charge in [-0.15, -0.1) is 0 Å². The number of benzene rings is 8. The number of fused-ring (bicyclic) bond motifs is 4. The number of amides is 4. The number of imide groups is 2. The van der Waals surface area contributed by atoms with Gasteiger partial charge in [-0.3, -0.25) is 29.0 Å². The molecule has 12 rings (SSSR count). The zero-order valence-corrected chi connectivity index (χ0v) is 47.6. The number of carbonyl (C=O) groups excluding carboxylic acids is 4. The fourth-order valence-electron chi connectivity index (χ4n) is 11.1. The van der Waals surface area contributed by atoms with Crippen LogP contribution in [0.4, 0.5) is 0 Å². The summed E-state index contributed by atoms with van der Waals surface area (Å²) in [6, 6.07) is 55.8. The maximum atomic E-state index is 15.9. The molecule has 0 spiro atoms. The van der Waals surface area contributed by atoms with E-state index in [0.717, 1.165) is 32.1 Å². The van der Waals surface area contributed by atoms with Crippen LogP contribution in [0.3, 0.4) is 0 Å². The Kier molecular flexibility index (Phi) is 15.1. The van der Waals surface area contributed by atoms with E-state index in [1.807, 2.05) is 147 Å². The summed E-state index contributed by atoms with van der Waals surface area (Å²) in [5, 5.41) is 0.557. The number of nitrogens with zero attached hydrogens (tertiary/aromatic N) is 4. The number of methoxy groups -OCH3 is 4. The maximum absolute atomic E-state index is 15.9. The van der Waals surface area contributed by atoms with Gasteiger partial charge in [-0.1, -0.05) is 135 Å². The molecule has 2 aliphatic heterocycles. The minimum atomic E-state index is -0.805. The van der Waals surface area contributed by atoms with E-state index in [-0.39, 0.29) is 80.1 Å². The van der Waals surface area contributed by atoms with Gasteiger partial charge >= 0.3 is 0 Å². The van der Waals surface area contributed by atoms with Crippen molar-refractivity contribution in [2.75, 3.05) is 28.4 Å². The number of aromatic nitrogens is 2. The van der Waals surface area contributed by atoms with Gasteiger partial charge in [-0.25, -0.2) is 9.97 Å². The molecule has 0 aliphatic carbocycles. The Hall–Kier alpha value is -10.5. The minimum absolute atomic E-state index is 0.0414. The Balaban J connectivity index is 1.13. The highest BCUT2D eigenvalue weighted by molar-refractivity contribution is 6.29. The van der Waals surface area contributed by atoms with Crippen molar-refractivity contribution in [2.24, 2.45) is 0 Å². The lowest BCUT2D eigenvalue weighted by molar-refractivity contribution is 0.0624. The standard InChI is InChI=1S/C70H58N4O11/c1-7-47-31-35-51-59(71-47)65(83-61(41-21-13-9-14-22-41)42-23-15-10-16-24-42)57-55(67(75)73(69(57)77)39-45-29-33-49(79-3)37-53(45)81-5)63(51)85-64-52-36-32-48(8-2)72-60(52)66(84-62(43-25-17-11-18-26-43)44-27-19-12-20-28-44)58-56(64)68(76)74(70(58)78)40-46-30-34-50(80-4)38-54(46)82-6/h9-38,61-62H,7-8,39-40H2,1-6H3. The molecule has 0 unspecified atom stereocenters. The molecule has 0 radical (unpaired) electrons. The van der Waals surface area contributed by atoms with Crippen molar-refractivity contribution in [3.8, 4) is 46.0 Å². The van der Waals surface area contributed by atoms with E-state index < -0.39 is 35.8 Å². The molecule has 15 nitrogen and oxygen atoms in total. The van der Waals surface area contributed by atoms with Crippen LogP contribution in [0.1, 0.15) is 112 Å². The Morgan fingerprint density at radius 2 is 0.718 bits per heavy atom. The Morgan fingerprint density at radius 1 is 0.388 bits per heavy atom. The number of hydrogen-bond donors (Lipinski definition) is 0. The summed E-state index contributed by atoms with van der Waals surface area (Å²) in [5.74, 6) is -1.22. The number of hydrogen-bond acceptors (Lipinski definition) is 13. The van der Waals surface area contributed by atoms with E-state index in [0.29, 0.717) is 58.4 Å². The number of pyridine rings is 2. The van der Waals surface area contributed by atoms with Crippen molar-refractivity contribution in [3.63, 3.8) is 0 Å². The van der Waals surface area contributed by atoms with Gasteiger partial charge in [0, 0.05) is 45.4 Å². The second-order valence-electron chi connectivity index (χ2n) is 20.4. The molecule has 4 heterocycles. The SMILES string of the molecule is CCc1ccc2c(Oc3c4c(c(OC(c5ccccc5)c5ccccc5)c5nc(CC)ccc35)C(=O)N(Cc3ccc(OC)cc3OC)C4=O)c3c(c(OC(c4ccccc4)c4ccccc4)c2n1)C(=O)N(Cc1ccc(OC)cc1OC)C3=O. The maximum Gasteiger partial charge on any atom is 0.265 e. The Bertz CT molecular complexity index is 3890. The molecule has 8 aromatic carbocycles. The summed E-state index contributed by atoms with van der Waals surface area (Å²) in [7, 11) is 6.06. The zero-order valence-electron chi connectivity index (χ0n) is 47.6. The van der Waals surface area contributed by atoms with Crippen LogP contribution < -0.4 is 33.2 Å². The predicted octanol–water partition coefficient (Wildman–Crippen LogP) is 13.7. The first-order valence-corrected chi connectivity index (χ1v) is 27.9. The van der Waals surface area contributed by atoms with Crippen molar-refractivity contribution in [3.05, 3.63) is 249 Å². The third-order valence-electron chi connectivity index (χ3n) is 15.5. The molecular formula is C70H58N4O11. The largest absolute Gasteiger partial charge is 0.497 e. The third-order valence-corrected chi connectivity index (χ3v) is 15.5. The first kappa shape index (κ1) is 55.0. The predicted molar refractivity (Wildman–Crippen MR) is 321 cm³/mol. The minimum Gasteiger partial charge on any atom is -0.497 e. The topological polar surface area (TPSA) is 165 Å². The second-order valence-corrected chi connectivity index (χ2v) is 20.4. The van der Waals surface area contributed by atoms with Crippen molar-refractivity contribution in [1.29, 1.82) is 0 Å². The summed E-state index contributed by atoms with van der Waals surface area (Å²) >= 11 is 0. The molecule has 85 heavy (non-hydrogen) atoms. The van der Waals surface area contributed by atoms with E-state index in [2.05, 4.69) is 0 Å². The molecule has 424 valence electrons. The van der Waals surface area contributed by atoms with E-state index in [1.165, 1.54) is 28.4 Å². The summed E-state index contributed by atoms with van der Waals surface area (Å²) in [4.78, 5) is 76.0. The molecule has 0 saturated carbocycles. The molecule has 0 bridgehead atoms. The van der Waals surface area contributed by atoms with E-state index >= 15 is 19.2 Å². The Labute approximate surface area is 490 Å². The zero-order chi connectivity index (χ0) is 58.9. The first-order chi connectivity index (χ1) is 41.5. The molecule has 2 aromatic heterocycles. The number of ether oxygens (including phenoxy) is 7. The van der Waals surface area contributed by atoms with Crippen LogP contribution in [-0.4, -0.2) is 71.8 Å². The molecule has 0 fully saturated rings. The lowest BCUT2D eigenvalue weighted by Gasteiger charge is -2.25. The summed E-state index contributed by atoms with van der Waals surface area (Å²) in [6.45, 7) is 3.44. The number of rotatable bonds is 20. The van der Waals surface area contributed by atoms with Crippen LogP contribution in [-0.2, 0) is 25.9 Å². The molecule has 10 aromatic rings. The quantitative estimate of drug-likeness (QED) is 0.0663. The van der Waals surface area contributed by atoms with Crippen molar-refractivity contribution in [2.45, 2.75) is 52.0 Å². The molecule has 4 amide bonds. The monoisotopic (exact) mass is 1130 g/mol. The van der Waals surface area contributed by atoms with Gasteiger partial charge in [0.15, 0.2) is 23.0 Å². The molecule has 2 aliphatic rings. The van der Waals surface area contributed by atoms with Crippen LogP contribution in [0.25, 0.3) is 21.8 Å². The molecule has 15 heteroatoms. The van der Waals surface area contributed by atoms with Crippen molar-refractivity contribution in [1.82, 2.24) is 19.8 Å². The lowest BCUT2D eigenvalue weighted by atomic mass is 9.98. The van der Waals surface area contributed by atoms with Gasteiger partial charge in [0.05, 0.1) is 52.7 Å².